The lowest BCUT2D eigenvalue weighted by Gasteiger charge is -2.23. The smallest absolute Gasteiger partial charge is 0.271 e. The third kappa shape index (κ3) is 3.04. The Morgan fingerprint density at radius 2 is 1.82 bits per heavy atom. The molecule has 0 saturated carbocycles. The van der Waals surface area contributed by atoms with Crippen molar-refractivity contribution in [1.82, 2.24) is 4.57 Å². The number of aromatic nitrogens is 1. The van der Waals surface area contributed by atoms with Gasteiger partial charge in [0.15, 0.2) is 0 Å². The summed E-state index contributed by atoms with van der Waals surface area (Å²) in [5.74, 6) is 0. The van der Waals surface area contributed by atoms with Crippen LogP contribution in [-0.2, 0) is 6.54 Å². The van der Waals surface area contributed by atoms with Gasteiger partial charge in [-0.3, -0.25) is 4.79 Å². The highest BCUT2D eigenvalue weighted by Crippen LogP contribution is 2.19. The Morgan fingerprint density at radius 3 is 2.36 bits per heavy atom. The summed E-state index contributed by atoms with van der Waals surface area (Å²) >= 11 is 0. The van der Waals surface area contributed by atoms with E-state index in [9.17, 15) is 10.1 Å². The minimum Gasteiger partial charge on any atom is -0.371 e. The van der Waals surface area contributed by atoms with Crippen LogP contribution in [0.4, 0.5) is 5.69 Å². The predicted molar refractivity (Wildman–Crippen MR) is 89.3 cm³/mol. The number of aryl methyl sites for hydroxylation is 1. The zero-order valence-corrected chi connectivity index (χ0v) is 13.3. The first-order valence-corrected chi connectivity index (χ1v) is 7.55. The van der Waals surface area contributed by atoms with E-state index in [-0.39, 0.29) is 11.1 Å². The number of hydrogen-bond acceptors (Lipinski definition) is 3. The molecule has 4 nitrogen and oxygen atoms in total. The summed E-state index contributed by atoms with van der Waals surface area (Å²) in [5, 5.41) is 9.43. The van der Waals surface area contributed by atoms with Crippen LogP contribution in [0.5, 0.6) is 0 Å². The number of nitriles is 1. The quantitative estimate of drug-likeness (QED) is 0.852. The number of rotatable bonds is 5. The van der Waals surface area contributed by atoms with Gasteiger partial charge < -0.3 is 9.47 Å². The van der Waals surface area contributed by atoms with E-state index >= 15 is 0 Å². The van der Waals surface area contributed by atoms with Crippen LogP contribution in [0.1, 0.15) is 30.7 Å². The van der Waals surface area contributed by atoms with E-state index in [0.29, 0.717) is 6.54 Å². The molecule has 0 unspecified atom stereocenters. The van der Waals surface area contributed by atoms with Crippen LogP contribution < -0.4 is 10.5 Å². The van der Waals surface area contributed by atoms with E-state index in [1.807, 2.05) is 62.1 Å². The zero-order valence-electron chi connectivity index (χ0n) is 13.3. The van der Waals surface area contributed by atoms with Crippen molar-refractivity contribution in [2.75, 3.05) is 18.0 Å². The molecule has 0 amide bonds. The molecular weight excluding hydrogens is 274 g/mol. The molecule has 1 aromatic heterocycles. The van der Waals surface area contributed by atoms with Crippen molar-refractivity contribution in [3.8, 4) is 6.07 Å². The molecule has 0 bridgehead atoms. The van der Waals surface area contributed by atoms with Crippen LogP contribution in [0.15, 0.2) is 41.2 Å². The standard InChI is InChI=1S/C18H21N3O/c1-4-20(5-2)17-11-14(3)21(18(22)16(17)12-19)13-15-9-7-6-8-10-15/h6-11H,4-5,13H2,1-3H3. The minimum absolute atomic E-state index is 0.215. The van der Waals surface area contributed by atoms with Gasteiger partial charge in [0.1, 0.15) is 11.6 Å². The number of anilines is 1. The fraction of sp³-hybridized carbons (Fsp3) is 0.333. The van der Waals surface area contributed by atoms with Crippen molar-refractivity contribution >= 4 is 5.69 Å². The van der Waals surface area contributed by atoms with Crippen molar-refractivity contribution in [2.45, 2.75) is 27.3 Å². The molecule has 0 saturated heterocycles. The normalized spacial score (nSPS) is 10.3. The SMILES string of the molecule is CCN(CC)c1cc(C)n(Cc2ccccc2)c(=O)c1C#N. The lowest BCUT2D eigenvalue weighted by atomic mass is 10.1. The fourth-order valence-electron chi connectivity index (χ4n) is 2.63. The molecule has 0 spiro atoms. The van der Waals surface area contributed by atoms with E-state index in [2.05, 4.69) is 6.07 Å². The molecule has 1 aromatic carbocycles. The molecule has 2 aromatic rings. The Bertz CT molecular complexity index is 737. The Kier molecular flexibility index (Phi) is 5.00. The first-order chi connectivity index (χ1) is 10.6. The predicted octanol–water partition coefficient (Wildman–Crippen LogP) is 2.92. The van der Waals surface area contributed by atoms with Crippen LogP contribution in [0, 0.1) is 18.3 Å². The van der Waals surface area contributed by atoms with E-state index < -0.39 is 0 Å². The summed E-state index contributed by atoms with van der Waals surface area (Å²) < 4.78 is 1.67. The molecule has 4 heteroatoms. The summed E-state index contributed by atoms with van der Waals surface area (Å²) in [6.07, 6.45) is 0. The van der Waals surface area contributed by atoms with Crippen LogP contribution in [0.25, 0.3) is 0 Å². The molecular formula is C18H21N3O. The highest BCUT2D eigenvalue weighted by molar-refractivity contribution is 5.59. The van der Waals surface area contributed by atoms with Gasteiger partial charge in [0.2, 0.25) is 0 Å². The van der Waals surface area contributed by atoms with Gasteiger partial charge in [-0.05, 0) is 32.4 Å². The molecule has 0 N–H and O–H groups in total. The highest BCUT2D eigenvalue weighted by atomic mass is 16.1. The Balaban J connectivity index is 2.54. The molecule has 0 fully saturated rings. The van der Waals surface area contributed by atoms with Gasteiger partial charge in [0.05, 0.1) is 12.2 Å². The van der Waals surface area contributed by atoms with Gasteiger partial charge in [-0.15, -0.1) is 0 Å². The summed E-state index contributed by atoms with van der Waals surface area (Å²) in [4.78, 5) is 14.7. The van der Waals surface area contributed by atoms with E-state index in [1.54, 1.807) is 4.57 Å². The first-order valence-electron chi connectivity index (χ1n) is 7.55. The largest absolute Gasteiger partial charge is 0.371 e. The number of nitrogens with zero attached hydrogens (tertiary/aromatic N) is 3. The summed E-state index contributed by atoms with van der Waals surface area (Å²) in [6, 6.07) is 13.8. The Morgan fingerprint density at radius 1 is 1.18 bits per heavy atom. The highest BCUT2D eigenvalue weighted by Gasteiger charge is 2.16. The Labute approximate surface area is 131 Å². The van der Waals surface area contributed by atoms with Crippen molar-refractivity contribution in [3.05, 3.63) is 63.6 Å². The molecule has 0 aliphatic rings. The van der Waals surface area contributed by atoms with Gasteiger partial charge in [-0.25, -0.2) is 0 Å². The van der Waals surface area contributed by atoms with E-state index in [4.69, 9.17) is 0 Å². The summed E-state index contributed by atoms with van der Waals surface area (Å²) in [5.41, 5.74) is 2.67. The summed E-state index contributed by atoms with van der Waals surface area (Å²) in [7, 11) is 0. The second kappa shape index (κ2) is 6.95. The second-order valence-corrected chi connectivity index (χ2v) is 5.21. The van der Waals surface area contributed by atoms with Crippen molar-refractivity contribution in [3.63, 3.8) is 0 Å². The van der Waals surface area contributed by atoms with Crippen molar-refractivity contribution in [2.24, 2.45) is 0 Å². The van der Waals surface area contributed by atoms with E-state index in [0.717, 1.165) is 30.0 Å². The lowest BCUT2D eigenvalue weighted by Crippen LogP contribution is -2.31. The van der Waals surface area contributed by atoms with E-state index in [1.165, 1.54) is 0 Å². The molecule has 0 atom stereocenters. The van der Waals surface area contributed by atoms with Crippen LogP contribution in [-0.4, -0.2) is 17.7 Å². The zero-order chi connectivity index (χ0) is 16.1. The monoisotopic (exact) mass is 295 g/mol. The third-order valence-corrected chi connectivity index (χ3v) is 3.89. The number of benzene rings is 1. The maximum absolute atomic E-state index is 12.7. The minimum atomic E-state index is -0.215. The van der Waals surface area contributed by atoms with Crippen molar-refractivity contribution in [1.29, 1.82) is 5.26 Å². The first kappa shape index (κ1) is 15.8. The molecule has 1 heterocycles. The molecule has 2 rings (SSSR count). The van der Waals surface area contributed by atoms with Gasteiger partial charge in [-0.1, -0.05) is 30.3 Å². The lowest BCUT2D eigenvalue weighted by molar-refractivity contribution is 0.722. The summed E-state index contributed by atoms with van der Waals surface area (Å²) in [6.45, 7) is 7.99. The molecule has 0 radical (unpaired) electrons. The number of pyridine rings is 1. The average Bonchev–Trinajstić information content (AvgIpc) is 2.54. The molecule has 0 aliphatic heterocycles. The topological polar surface area (TPSA) is 49.0 Å². The van der Waals surface area contributed by atoms with Crippen LogP contribution in [0.2, 0.25) is 0 Å². The van der Waals surface area contributed by atoms with Crippen molar-refractivity contribution < 1.29 is 0 Å². The van der Waals surface area contributed by atoms with Crippen LogP contribution >= 0.6 is 0 Å². The van der Waals surface area contributed by atoms with Crippen LogP contribution in [0.3, 0.4) is 0 Å². The number of hydrogen-bond donors (Lipinski definition) is 0. The maximum atomic E-state index is 12.7. The van der Waals surface area contributed by atoms with Gasteiger partial charge in [-0.2, -0.15) is 5.26 Å². The molecule has 22 heavy (non-hydrogen) atoms. The Hall–Kier alpha value is -2.54. The molecule has 0 aliphatic carbocycles. The van der Waals surface area contributed by atoms with Gasteiger partial charge >= 0.3 is 0 Å². The second-order valence-electron chi connectivity index (χ2n) is 5.21. The maximum Gasteiger partial charge on any atom is 0.271 e. The fourth-order valence-corrected chi connectivity index (χ4v) is 2.63. The molecule has 114 valence electrons. The van der Waals surface area contributed by atoms with Gasteiger partial charge in [0, 0.05) is 18.8 Å². The van der Waals surface area contributed by atoms with Gasteiger partial charge in [0.25, 0.3) is 5.56 Å². The third-order valence-electron chi connectivity index (χ3n) is 3.89. The average molecular weight is 295 g/mol.